The van der Waals surface area contributed by atoms with E-state index in [0.29, 0.717) is 27.6 Å². The van der Waals surface area contributed by atoms with Crippen LogP contribution in [0.25, 0.3) is 10.1 Å². The molecular weight excluding hydrogens is 598 g/mol. The number of ether oxygens (including phenoxy) is 1. The summed E-state index contributed by atoms with van der Waals surface area (Å²) < 4.78 is 96.1. The Balaban J connectivity index is 2.51. The highest BCUT2D eigenvalue weighted by atomic mass is 79.9. The second-order valence-electron chi connectivity index (χ2n) is 6.29. The van der Waals surface area contributed by atoms with Crippen LogP contribution in [-0.4, -0.2) is 26.0 Å². The van der Waals surface area contributed by atoms with E-state index in [9.17, 15) is 17.7 Å². The Hall–Kier alpha value is -0.260. The molecule has 0 radical (unpaired) electrons. The molecule has 0 amide bonds. The minimum absolute atomic E-state index is 0.0000673. The summed E-state index contributed by atoms with van der Waals surface area (Å²) in [4.78, 5) is -0.570. The molecule has 0 aliphatic carbocycles. The summed E-state index contributed by atoms with van der Waals surface area (Å²) in [7, 11) is -4.83. The van der Waals surface area contributed by atoms with Crippen molar-refractivity contribution in [3.05, 3.63) is 27.0 Å². The fourth-order valence-corrected chi connectivity index (χ4v) is 7.03. The lowest BCUT2D eigenvalue weighted by molar-refractivity contribution is -0.136. The Labute approximate surface area is 197 Å². The first kappa shape index (κ1) is 27.0. The summed E-state index contributed by atoms with van der Waals surface area (Å²) in [5.74, 6) is 0.171. The largest absolute Gasteiger partial charge is 0.492 e. The molecule has 0 N–H and O–H groups in total. The molecule has 0 aliphatic rings. The molecule has 4 nitrogen and oxygen atoms in total. The van der Waals surface area contributed by atoms with Gasteiger partial charge in [-0.3, -0.25) is 4.57 Å². The van der Waals surface area contributed by atoms with Gasteiger partial charge in [0, 0.05) is 21.6 Å². The third-order valence-corrected chi connectivity index (χ3v) is 9.27. The smallest absolute Gasteiger partial charge is 0.405 e. The van der Waals surface area contributed by atoms with Crippen molar-refractivity contribution in [1.29, 1.82) is 0 Å². The van der Waals surface area contributed by atoms with E-state index in [-0.39, 0.29) is 41.2 Å². The number of halogens is 7. The molecule has 0 saturated carbocycles. The quantitative estimate of drug-likeness (QED) is 0.110. The van der Waals surface area contributed by atoms with Gasteiger partial charge < -0.3 is 13.8 Å². The molecule has 1 aromatic heterocycles. The van der Waals surface area contributed by atoms with Crippen molar-refractivity contribution in [2.24, 2.45) is 0 Å². The van der Waals surface area contributed by atoms with Gasteiger partial charge in [-0.15, -0.1) is 11.3 Å². The number of thiophene rings is 1. The Morgan fingerprint density at radius 1 is 1.10 bits per heavy atom. The second kappa shape index (κ2) is 10.8. The van der Waals surface area contributed by atoms with Gasteiger partial charge in [0.25, 0.3) is 0 Å². The molecule has 0 unspecified atom stereocenters. The Bertz CT molecular complexity index is 941. The maximum absolute atomic E-state index is 15.3. The Morgan fingerprint density at radius 3 is 2.23 bits per heavy atom. The van der Waals surface area contributed by atoms with Crippen LogP contribution in [0.3, 0.4) is 0 Å². The molecule has 0 aliphatic heterocycles. The van der Waals surface area contributed by atoms with Crippen molar-refractivity contribution in [2.45, 2.75) is 43.9 Å². The van der Waals surface area contributed by atoms with Crippen molar-refractivity contribution in [2.75, 3.05) is 19.8 Å². The zero-order valence-corrected chi connectivity index (χ0v) is 21.4. The van der Waals surface area contributed by atoms with Gasteiger partial charge in [0.1, 0.15) is 10.6 Å². The summed E-state index contributed by atoms with van der Waals surface area (Å²) in [6, 6.07) is 3.21. The van der Waals surface area contributed by atoms with Crippen LogP contribution in [0.1, 0.15) is 37.1 Å². The normalized spacial score (nSPS) is 13.2. The van der Waals surface area contributed by atoms with Crippen LogP contribution in [0.4, 0.5) is 22.0 Å². The fourth-order valence-electron chi connectivity index (χ4n) is 2.69. The standard InChI is InChI=1S/C18H20Br2F5O4PS/c1-3-28-30(26,29-4-2)18(24,25)16-14(20)12-8-11(10-19)9-13(15(12)31-16)27-7-5-6-17(21,22)23/h8-9H,3-7,10H2,1-2H3. The van der Waals surface area contributed by atoms with Gasteiger partial charge in [-0.05, 0) is 53.9 Å². The highest BCUT2D eigenvalue weighted by Gasteiger charge is 2.57. The molecule has 0 bridgehead atoms. The lowest BCUT2D eigenvalue weighted by Gasteiger charge is -2.25. The molecule has 13 heteroatoms. The minimum atomic E-state index is -4.83. The van der Waals surface area contributed by atoms with E-state index >= 15 is 8.78 Å². The van der Waals surface area contributed by atoms with Crippen LogP contribution in [0.15, 0.2) is 16.6 Å². The van der Waals surface area contributed by atoms with Crippen LogP contribution < -0.4 is 4.74 Å². The number of hydrogen-bond acceptors (Lipinski definition) is 5. The number of benzene rings is 1. The highest BCUT2D eigenvalue weighted by Crippen LogP contribution is 2.69. The third kappa shape index (κ3) is 6.20. The first-order chi connectivity index (χ1) is 14.4. The molecule has 0 spiro atoms. The number of hydrogen-bond donors (Lipinski definition) is 0. The molecule has 0 fully saturated rings. The fraction of sp³-hybridized carbons (Fsp3) is 0.556. The van der Waals surface area contributed by atoms with Gasteiger partial charge in [-0.1, -0.05) is 15.9 Å². The molecule has 1 heterocycles. The van der Waals surface area contributed by atoms with E-state index in [4.69, 9.17) is 13.8 Å². The van der Waals surface area contributed by atoms with Gasteiger partial charge in [0.05, 0.1) is 24.5 Å². The van der Waals surface area contributed by atoms with Gasteiger partial charge in [0.2, 0.25) is 0 Å². The topological polar surface area (TPSA) is 44.8 Å². The van der Waals surface area contributed by atoms with Gasteiger partial charge >= 0.3 is 19.4 Å². The number of alkyl halides is 6. The monoisotopic (exact) mass is 616 g/mol. The average Bonchev–Trinajstić information content (AvgIpc) is 3.02. The summed E-state index contributed by atoms with van der Waals surface area (Å²) in [6.07, 6.45) is -5.60. The zero-order chi connectivity index (χ0) is 23.4. The van der Waals surface area contributed by atoms with Gasteiger partial charge in [-0.25, -0.2) is 0 Å². The molecule has 0 saturated heterocycles. The lowest BCUT2D eigenvalue weighted by atomic mass is 10.1. The summed E-state index contributed by atoms with van der Waals surface area (Å²) in [5, 5.41) is 0.730. The highest BCUT2D eigenvalue weighted by molar-refractivity contribution is 9.10. The van der Waals surface area contributed by atoms with Gasteiger partial charge in [0.15, 0.2) is 0 Å². The van der Waals surface area contributed by atoms with E-state index in [0.717, 1.165) is 0 Å². The number of rotatable bonds is 11. The predicted octanol–water partition coefficient (Wildman–Crippen LogP) is 8.60. The van der Waals surface area contributed by atoms with E-state index in [1.807, 2.05) is 0 Å². The summed E-state index contributed by atoms with van der Waals surface area (Å²) in [5.41, 5.74) is -3.28. The number of fused-ring (bicyclic) bond motifs is 1. The Morgan fingerprint density at radius 2 is 1.71 bits per heavy atom. The van der Waals surface area contributed by atoms with Crippen molar-refractivity contribution in [3.63, 3.8) is 0 Å². The van der Waals surface area contributed by atoms with E-state index in [2.05, 4.69) is 31.9 Å². The van der Waals surface area contributed by atoms with Crippen LogP contribution in [0.5, 0.6) is 5.75 Å². The van der Waals surface area contributed by atoms with E-state index < -0.39 is 30.7 Å². The van der Waals surface area contributed by atoms with Crippen LogP contribution in [-0.2, 0) is 24.6 Å². The summed E-state index contributed by atoms with van der Waals surface area (Å²) >= 11 is 7.07. The SMILES string of the molecule is CCOP(=O)(OCC)C(F)(F)c1sc2c(OCCCC(F)(F)F)cc(CBr)cc2c1Br. The average molecular weight is 618 g/mol. The third-order valence-electron chi connectivity index (χ3n) is 3.99. The molecule has 1 aromatic carbocycles. The van der Waals surface area contributed by atoms with Crippen molar-refractivity contribution in [1.82, 2.24) is 0 Å². The first-order valence-corrected chi connectivity index (χ1v) is 13.5. The van der Waals surface area contributed by atoms with Crippen molar-refractivity contribution >= 4 is 60.9 Å². The molecule has 31 heavy (non-hydrogen) atoms. The Kier molecular flexibility index (Phi) is 9.38. The summed E-state index contributed by atoms with van der Waals surface area (Å²) in [6.45, 7) is 2.14. The molecule has 2 aromatic rings. The molecular formula is C18H20Br2F5O4PS. The molecule has 0 atom stereocenters. The maximum atomic E-state index is 15.3. The second-order valence-corrected chi connectivity index (χ2v) is 10.7. The van der Waals surface area contributed by atoms with Crippen molar-refractivity contribution < 1.29 is 40.3 Å². The van der Waals surface area contributed by atoms with Crippen LogP contribution in [0, 0.1) is 0 Å². The molecule has 2 rings (SSSR count). The predicted molar refractivity (Wildman–Crippen MR) is 118 cm³/mol. The lowest BCUT2D eigenvalue weighted by Crippen LogP contribution is -2.17. The van der Waals surface area contributed by atoms with Crippen LogP contribution >= 0.6 is 50.8 Å². The van der Waals surface area contributed by atoms with E-state index in [1.54, 1.807) is 12.1 Å². The first-order valence-electron chi connectivity index (χ1n) is 9.18. The van der Waals surface area contributed by atoms with Crippen LogP contribution in [0.2, 0.25) is 0 Å². The minimum Gasteiger partial charge on any atom is -0.492 e. The van der Waals surface area contributed by atoms with Gasteiger partial charge in [-0.2, -0.15) is 22.0 Å². The zero-order valence-electron chi connectivity index (χ0n) is 16.5. The molecule has 176 valence electrons. The van der Waals surface area contributed by atoms with Crippen molar-refractivity contribution in [3.8, 4) is 5.75 Å². The van der Waals surface area contributed by atoms with E-state index in [1.165, 1.54) is 13.8 Å². The maximum Gasteiger partial charge on any atom is 0.405 e.